The molecule has 0 bridgehead atoms. The summed E-state index contributed by atoms with van der Waals surface area (Å²) in [4.78, 5) is 11.6. The Labute approximate surface area is 87.3 Å². The van der Waals surface area contributed by atoms with Gasteiger partial charge < -0.3 is 9.47 Å². The number of carbonyl (C=O) groups is 1. The van der Waals surface area contributed by atoms with Crippen molar-refractivity contribution in [1.29, 1.82) is 0 Å². The van der Waals surface area contributed by atoms with Gasteiger partial charge in [-0.05, 0) is 23.3 Å². The first-order valence-electron chi connectivity index (χ1n) is 4.94. The first-order valence-corrected chi connectivity index (χ1v) is 4.94. The van der Waals surface area contributed by atoms with Gasteiger partial charge in [0.1, 0.15) is 12.7 Å². The molecule has 76 valence electrons. The number of hydrogen-bond acceptors (Lipinski definition) is 3. The smallest absolute Gasteiger partial charge is 0.338 e. The third kappa shape index (κ3) is 1.66. The van der Waals surface area contributed by atoms with Crippen LogP contribution in [0.3, 0.4) is 0 Å². The van der Waals surface area contributed by atoms with E-state index >= 15 is 0 Å². The van der Waals surface area contributed by atoms with Crippen molar-refractivity contribution in [1.82, 2.24) is 0 Å². The van der Waals surface area contributed by atoms with E-state index in [9.17, 15) is 4.79 Å². The van der Waals surface area contributed by atoms with Gasteiger partial charge in [-0.15, -0.1) is 0 Å². The van der Waals surface area contributed by atoms with Gasteiger partial charge in [-0.25, -0.2) is 4.79 Å². The highest BCUT2D eigenvalue weighted by Crippen LogP contribution is 2.24. The number of carbonyl (C=O) groups excluding carboxylic acids is 1. The van der Waals surface area contributed by atoms with Crippen LogP contribution in [-0.2, 0) is 9.47 Å². The van der Waals surface area contributed by atoms with Gasteiger partial charge in [0, 0.05) is 0 Å². The van der Waals surface area contributed by atoms with Gasteiger partial charge in [-0.2, -0.15) is 0 Å². The molecule has 0 saturated carbocycles. The normalized spacial score (nSPS) is 20.4. The molecule has 1 saturated heterocycles. The summed E-state index contributed by atoms with van der Waals surface area (Å²) >= 11 is 0. The first kappa shape index (κ1) is 8.68. The van der Waals surface area contributed by atoms with E-state index in [0.717, 1.165) is 5.56 Å². The summed E-state index contributed by atoms with van der Waals surface area (Å²) in [5.74, 6) is -0.270. The van der Waals surface area contributed by atoms with Crippen LogP contribution in [0, 0.1) is 0 Å². The van der Waals surface area contributed by atoms with Crippen molar-refractivity contribution in [2.75, 3.05) is 13.2 Å². The Hall–Kier alpha value is -1.61. The van der Waals surface area contributed by atoms with Crippen LogP contribution < -0.4 is 0 Å². The average molecular weight is 202 g/mol. The number of benzene rings is 1. The summed E-state index contributed by atoms with van der Waals surface area (Å²) in [5.41, 5.74) is 2.89. The Morgan fingerprint density at radius 2 is 2.20 bits per heavy atom. The summed E-state index contributed by atoms with van der Waals surface area (Å²) in [6, 6.07) is 5.57. The maximum Gasteiger partial charge on any atom is 0.338 e. The van der Waals surface area contributed by atoms with Crippen LogP contribution in [0.4, 0.5) is 0 Å². The van der Waals surface area contributed by atoms with E-state index in [1.165, 1.54) is 5.56 Å². The third-order valence-electron chi connectivity index (χ3n) is 2.57. The summed E-state index contributed by atoms with van der Waals surface area (Å²) in [6.45, 7) is 1.08. The zero-order chi connectivity index (χ0) is 10.3. The van der Waals surface area contributed by atoms with Gasteiger partial charge in [-0.1, -0.05) is 18.2 Å². The standard InChI is InChI=1S/C12H10O3/c13-12(15-7-11-6-14-11)10-4-2-8-1-3-9(8)5-10/h1-5,11H,6-7H2. The minimum Gasteiger partial charge on any atom is -0.459 e. The number of fused-ring (bicyclic) bond motifs is 1. The second-order valence-electron chi connectivity index (χ2n) is 3.73. The van der Waals surface area contributed by atoms with Crippen molar-refractivity contribution in [2.24, 2.45) is 0 Å². The van der Waals surface area contributed by atoms with E-state index in [-0.39, 0.29) is 12.1 Å². The molecular formula is C12H10O3. The molecule has 1 atom stereocenters. The first-order chi connectivity index (χ1) is 7.33. The number of ether oxygens (including phenoxy) is 2. The molecule has 0 spiro atoms. The van der Waals surface area contributed by atoms with Crippen LogP contribution in [-0.4, -0.2) is 25.3 Å². The van der Waals surface area contributed by atoms with E-state index in [1.54, 1.807) is 6.07 Å². The van der Waals surface area contributed by atoms with Crippen LogP contribution in [0.15, 0.2) is 18.2 Å². The molecule has 2 aliphatic rings. The van der Waals surface area contributed by atoms with Crippen molar-refractivity contribution >= 4 is 18.1 Å². The molecular weight excluding hydrogens is 192 g/mol. The SMILES string of the molecule is O=C(OCC1CO1)c1ccc2c(c1)C=C2. The molecule has 15 heavy (non-hydrogen) atoms. The summed E-state index contributed by atoms with van der Waals surface area (Å²) < 4.78 is 10.0. The lowest BCUT2D eigenvalue weighted by molar-refractivity contribution is 0.0476. The molecule has 3 nitrogen and oxygen atoms in total. The molecule has 1 unspecified atom stereocenters. The minimum absolute atomic E-state index is 0.125. The van der Waals surface area contributed by atoms with Crippen molar-refractivity contribution < 1.29 is 14.3 Å². The van der Waals surface area contributed by atoms with Crippen LogP contribution in [0.25, 0.3) is 12.2 Å². The Morgan fingerprint density at radius 1 is 1.40 bits per heavy atom. The van der Waals surface area contributed by atoms with Crippen LogP contribution in [0.5, 0.6) is 0 Å². The predicted octanol–water partition coefficient (Wildman–Crippen LogP) is 1.73. The summed E-state index contributed by atoms with van der Waals surface area (Å²) in [5, 5.41) is 0. The van der Waals surface area contributed by atoms with E-state index in [1.807, 2.05) is 24.3 Å². The fraction of sp³-hybridized carbons (Fsp3) is 0.250. The molecule has 0 aromatic heterocycles. The fourth-order valence-corrected chi connectivity index (χ4v) is 1.50. The van der Waals surface area contributed by atoms with E-state index in [0.29, 0.717) is 18.8 Å². The fourth-order valence-electron chi connectivity index (χ4n) is 1.50. The zero-order valence-electron chi connectivity index (χ0n) is 8.10. The summed E-state index contributed by atoms with van der Waals surface area (Å²) in [7, 11) is 0. The number of hydrogen-bond donors (Lipinski definition) is 0. The molecule has 1 heterocycles. The monoisotopic (exact) mass is 202 g/mol. The highest BCUT2D eigenvalue weighted by Gasteiger charge is 2.24. The topological polar surface area (TPSA) is 38.8 Å². The van der Waals surface area contributed by atoms with Gasteiger partial charge >= 0.3 is 5.97 Å². The van der Waals surface area contributed by atoms with Crippen molar-refractivity contribution in [2.45, 2.75) is 6.10 Å². The second kappa shape index (κ2) is 3.21. The highest BCUT2D eigenvalue weighted by molar-refractivity contribution is 5.94. The Bertz CT molecular complexity index is 444. The molecule has 0 amide bonds. The number of epoxide rings is 1. The molecule has 3 heteroatoms. The van der Waals surface area contributed by atoms with Crippen molar-refractivity contribution in [3.63, 3.8) is 0 Å². The van der Waals surface area contributed by atoms with Gasteiger partial charge in [0.2, 0.25) is 0 Å². The largest absolute Gasteiger partial charge is 0.459 e. The van der Waals surface area contributed by atoms with Gasteiger partial charge in [0.05, 0.1) is 12.2 Å². The van der Waals surface area contributed by atoms with Gasteiger partial charge in [-0.3, -0.25) is 0 Å². The lowest BCUT2D eigenvalue weighted by atomic mass is 9.96. The Balaban J connectivity index is 1.69. The molecule has 0 N–H and O–H groups in total. The molecule has 3 rings (SSSR count). The molecule has 1 aromatic carbocycles. The maximum absolute atomic E-state index is 11.6. The maximum atomic E-state index is 11.6. The highest BCUT2D eigenvalue weighted by atomic mass is 16.6. The quantitative estimate of drug-likeness (QED) is 0.562. The van der Waals surface area contributed by atoms with Crippen LogP contribution in [0.2, 0.25) is 0 Å². The number of rotatable bonds is 3. The lowest BCUT2D eigenvalue weighted by Gasteiger charge is -2.11. The average Bonchev–Trinajstić information content (AvgIpc) is 3.00. The number of esters is 1. The van der Waals surface area contributed by atoms with Crippen molar-refractivity contribution in [3.05, 3.63) is 34.9 Å². The van der Waals surface area contributed by atoms with E-state index < -0.39 is 0 Å². The molecule has 1 aromatic rings. The van der Waals surface area contributed by atoms with E-state index in [4.69, 9.17) is 9.47 Å². The summed E-state index contributed by atoms with van der Waals surface area (Å²) in [6.07, 6.45) is 4.12. The molecule has 1 aliphatic heterocycles. The second-order valence-corrected chi connectivity index (χ2v) is 3.73. The van der Waals surface area contributed by atoms with Crippen LogP contribution in [0.1, 0.15) is 21.5 Å². The lowest BCUT2D eigenvalue weighted by Crippen LogP contribution is -2.10. The minimum atomic E-state index is -0.270. The zero-order valence-corrected chi connectivity index (χ0v) is 8.10. The van der Waals surface area contributed by atoms with Crippen molar-refractivity contribution in [3.8, 4) is 0 Å². The molecule has 1 fully saturated rings. The Morgan fingerprint density at radius 3 is 2.80 bits per heavy atom. The van der Waals surface area contributed by atoms with Gasteiger partial charge in [0.15, 0.2) is 0 Å². The predicted molar refractivity (Wildman–Crippen MR) is 55.4 cm³/mol. The van der Waals surface area contributed by atoms with Crippen LogP contribution >= 0.6 is 0 Å². The van der Waals surface area contributed by atoms with E-state index in [2.05, 4.69) is 0 Å². The third-order valence-corrected chi connectivity index (χ3v) is 2.57. The van der Waals surface area contributed by atoms with Gasteiger partial charge in [0.25, 0.3) is 0 Å². The molecule has 1 aliphatic carbocycles. The Kier molecular flexibility index (Phi) is 1.86. The molecule has 0 radical (unpaired) electrons.